The van der Waals surface area contributed by atoms with Crippen LogP contribution in [-0.4, -0.2) is 64.7 Å². The Hall–Kier alpha value is -2.91. The maximum absolute atomic E-state index is 13.1. The van der Waals surface area contributed by atoms with Gasteiger partial charge in [0.05, 0.1) is 43.4 Å². The van der Waals surface area contributed by atoms with Crippen LogP contribution in [0.1, 0.15) is 49.1 Å². The van der Waals surface area contributed by atoms with Crippen LogP contribution in [0.15, 0.2) is 12.5 Å². The second kappa shape index (κ2) is 6.85. The van der Waals surface area contributed by atoms with Crippen molar-refractivity contribution in [3.63, 3.8) is 0 Å². The molecule has 1 saturated carbocycles. The normalized spacial score (nSPS) is 24.6. The Labute approximate surface area is 168 Å². The molecule has 1 N–H and O–H groups in total. The molecular weight excluding hydrogens is 372 g/mol. The van der Waals surface area contributed by atoms with Crippen molar-refractivity contribution in [2.45, 2.75) is 63.8 Å². The van der Waals surface area contributed by atoms with Crippen LogP contribution in [0.5, 0.6) is 0 Å². The Kier molecular flexibility index (Phi) is 4.29. The first-order chi connectivity index (χ1) is 14.0. The Morgan fingerprint density at radius 3 is 2.79 bits per heavy atom. The lowest BCUT2D eigenvalue weighted by molar-refractivity contribution is -0.138. The average molecular weight is 398 g/mol. The van der Waals surface area contributed by atoms with Crippen molar-refractivity contribution in [3.8, 4) is 0 Å². The van der Waals surface area contributed by atoms with Crippen LogP contribution < -0.4 is 5.32 Å². The summed E-state index contributed by atoms with van der Waals surface area (Å²) in [5, 5.41) is 7.57. The van der Waals surface area contributed by atoms with Gasteiger partial charge in [-0.2, -0.15) is 5.10 Å². The summed E-state index contributed by atoms with van der Waals surface area (Å²) in [5.74, 6) is 1.71. The van der Waals surface area contributed by atoms with Gasteiger partial charge >= 0.3 is 6.03 Å². The van der Waals surface area contributed by atoms with Crippen LogP contribution >= 0.6 is 0 Å². The zero-order valence-electron chi connectivity index (χ0n) is 16.8. The van der Waals surface area contributed by atoms with Gasteiger partial charge in [0.2, 0.25) is 5.91 Å². The molecule has 2 fully saturated rings. The SMILES string of the molecule is Cc1nc2n(n1)CCN(C(=O)N[C@@H]1CCC(=O)N(C3CC3)[C@H]1c1cncn1C)C2. The van der Waals surface area contributed by atoms with Gasteiger partial charge in [-0.25, -0.2) is 19.4 Å². The van der Waals surface area contributed by atoms with Gasteiger partial charge in [0.15, 0.2) is 0 Å². The molecule has 2 aromatic rings. The van der Waals surface area contributed by atoms with Gasteiger partial charge in [0.25, 0.3) is 0 Å². The van der Waals surface area contributed by atoms with E-state index in [1.807, 2.05) is 34.3 Å². The van der Waals surface area contributed by atoms with Gasteiger partial charge in [-0.1, -0.05) is 0 Å². The van der Waals surface area contributed by atoms with Crippen molar-refractivity contribution in [1.29, 1.82) is 0 Å². The van der Waals surface area contributed by atoms with E-state index in [0.717, 1.165) is 30.2 Å². The van der Waals surface area contributed by atoms with E-state index >= 15 is 0 Å². The molecule has 4 heterocycles. The number of hydrogen-bond donors (Lipinski definition) is 1. The maximum atomic E-state index is 13.1. The average Bonchev–Trinajstić information content (AvgIpc) is 3.33. The topological polar surface area (TPSA) is 101 Å². The van der Waals surface area contributed by atoms with Gasteiger partial charge in [-0.05, 0) is 26.2 Å². The van der Waals surface area contributed by atoms with Crippen molar-refractivity contribution < 1.29 is 9.59 Å². The fourth-order valence-electron chi connectivity index (χ4n) is 4.53. The number of likely N-dealkylation sites (tertiary alicyclic amines) is 1. The third-order valence-corrected chi connectivity index (χ3v) is 6.10. The molecule has 3 aliphatic rings. The monoisotopic (exact) mass is 398 g/mol. The minimum atomic E-state index is -0.184. The quantitative estimate of drug-likeness (QED) is 0.822. The van der Waals surface area contributed by atoms with E-state index in [9.17, 15) is 9.59 Å². The third-order valence-electron chi connectivity index (χ3n) is 6.10. The highest BCUT2D eigenvalue weighted by molar-refractivity contribution is 5.80. The smallest absolute Gasteiger partial charge is 0.318 e. The lowest BCUT2D eigenvalue weighted by Gasteiger charge is -2.42. The summed E-state index contributed by atoms with van der Waals surface area (Å²) in [4.78, 5) is 38.2. The number of fused-ring (bicyclic) bond motifs is 1. The molecule has 2 aromatic heterocycles. The number of carbonyl (C=O) groups excluding carboxylic acids is 2. The van der Waals surface area contributed by atoms with Crippen LogP contribution in [0.2, 0.25) is 0 Å². The van der Waals surface area contributed by atoms with Crippen molar-refractivity contribution in [2.75, 3.05) is 6.54 Å². The molecule has 1 aliphatic carbocycles. The largest absolute Gasteiger partial charge is 0.336 e. The summed E-state index contributed by atoms with van der Waals surface area (Å²) in [5.41, 5.74) is 0.962. The molecule has 0 radical (unpaired) electrons. The second-order valence-electron chi connectivity index (χ2n) is 8.22. The van der Waals surface area contributed by atoms with E-state index in [2.05, 4.69) is 20.4 Å². The molecule has 2 aliphatic heterocycles. The van der Waals surface area contributed by atoms with E-state index in [1.54, 1.807) is 11.2 Å². The standard InChI is InChI=1S/C19H26N8O2/c1-12-21-16-10-25(7-8-26(16)23-12)19(29)22-14-5-6-17(28)27(13-3-4-13)18(14)15-9-20-11-24(15)2/h9,11,13-14,18H,3-8,10H2,1-2H3,(H,22,29)/t14-,18-/m1/s1. The highest BCUT2D eigenvalue weighted by Gasteiger charge is 2.46. The number of urea groups is 1. The molecule has 0 bridgehead atoms. The lowest BCUT2D eigenvalue weighted by atomic mass is 9.93. The van der Waals surface area contributed by atoms with Crippen LogP contribution in [0.4, 0.5) is 4.79 Å². The second-order valence-corrected chi connectivity index (χ2v) is 8.22. The van der Waals surface area contributed by atoms with E-state index in [0.29, 0.717) is 32.5 Å². The Bertz CT molecular complexity index is 946. The van der Waals surface area contributed by atoms with Gasteiger partial charge in [0.1, 0.15) is 11.6 Å². The fraction of sp³-hybridized carbons (Fsp3) is 0.632. The molecule has 0 aromatic carbocycles. The van der Waals surface area contributed by atoms with E-state index in [4.69, 9.17) is 0 Å². The van der Waals surface area contributed by atoms with Crippen LogP contribution in [0.3, 0.4) is 0 Å². The number of aromatic nitrogens is 5. The van der Waals surface area contributed by atoms with Crippen LogP contribution in [0, 0.1) is 6.92 Å². The number of aryl methyl sites for hydroxylation is 2. The first kappa shape index (κ1) is 18.1. The summed E-state index contributed by atoms with van der Waals surface area (Å²) in [6, 6.07) is -0.161. The van der Waals surface area contributed by atoms with Crippen molar-refractivity contribution in [2.24, 2.45) is 7.05 Å². The molecule has 10 heteroatoms. The summed E-state index contributed by atoms with van der Waals surface area (Å²) in [7, 11) is 1.94. The zero-order chi connectivity index (χ0) is 20.1. The first-order valence-corrected chi connectivity index (χ1v) is 10.2. The number of rotatable bonds is 3. The number of nitrogens with one attached hydrogen (secondary N) is 1. The highest BCUT2D eigenvalue weighted by Crippen LogP contribution is 2.40. The molecule has 1 saturated heterocycles. The van der Waals surface area contributed by atoms with Gasteiger partial charge in [-0.3, -0.25) is 4.79 Å². The van der Waals surface area contributed by atoms with E-state index in [1.165, 1.54) is 0 Å². The minimum Gasteiger partial charge on any atom is -0.336 e. The highest BCUT2D eigenvalue weighted by atomic mass is 16.2. The summed E-state index contributed by atoms with van der Waals surface area (Å²) in [6.45, 7) is 3.54. The third kappa shape index (κ3) is 3.26. The van der Waals surface area contributed by atoms with E-state index in [-0.39, 0.29) is 30.1 Å². The summed E-state index contributed by atoms with van der Waals surface area (Å²) < 4.78 is 3.82. The number of imidazole rings is 1. The number of nitrogens with zero attached hydrogens (tertiary/aromatic N) is 7. The van der Waals surface area contributed by atoms with Gasteiger partial charge in [-0.15, -0.1) is 0 Å². The van der Waals surface area contributed by atoms with Crippen LogP contribution in [-0.2, 0) is 24.9 Å². The number of piperidine rings is 1. The Morgan fingerprint density at radius 1 is 1.24 bits per heavy atom. The molecule has 0 spiro atoms. The zero-order valence-corrected chi connectivity index (χ0v) is 16.8. The van der Waals surface area contributed by atoms with Crippen molar-refractivity contribution in [3.05, 3.63) is 29.9 Å². The molecular formula is C19H26N8O2. The molecule has 154 valence electrons. The fourth-order valence-corrected chi connectivity index (χ4v) is 4.53. The Balaban J connectivity index is 1.37. The molecule has 29 heavy (non-hydrogen) atoms. The lowest BCUT2D eigenvalue weighted by Crippen LogP contribution is -2.56. The van der Waals surface area contributed by atoms with Crippen molar-refractivity contribution in [1.82, 2.24) is 39.4 Å². The maximum Gasteiger partial charge on any atom is 0.318 e. The predicted molar refractivity (Wildman–Crippen MR) is 103 cm³/mol. The predicted octanol–water partition coefficient (Wildman–Crippen LogP) is 0.740. The first-order valence-electron chi connectivity index (χ1n) is 10.2. The molecule has 5 rings (SSSR count). The van der Waals surface area contributed by atoms with Gasteiger partial charge < -0.3 is 19.7 Å². The minimum absolute atomic E-state index is 0.112. The van der Waals surface area contributed by atoms with Gasteiger partial charge in [0, 0.05) is 26.1 Å². The number of carbonyl (C=O) groups is 2. The summed E-state index contributed by atoms with van der Waals surface area (Å²) in [6.07, 6.45) is 6.71. The Morgan fingerprint density at radius 2 is 2.07 bits per heavy atom. The summed E-state index contributed by atoms with van der Waals surface area (Å²) >= 11 is 0. The molecule has 2 atom stereocenters. The van der Waals surface area contributed by atoms with E-state index < -0.39 is 0 Å². The molecule has 3 amide bonds. The van der Waals surface area contributed by atoms with Crippen LogP contribution in [0.25, 0.3) is 0 Å². The van der Waals surface area contributed by atoms with Crippen molar-refractivity contribution >= 4 is 11.9 Å². The number of amides is 3. The number of hydrogen-bond acceptors (Lipinski definition) is 5. The molecule has 0 unspecified atom stereocenters. The molecule has 10 nitrogen and oxygen atoms in total.